The van der Waals surface area contributed by atoms with Crippen molar-refractivity contribution in [3.05, 3.63) is 75.5 Å². The lowest BCUT2D eigenvalue weighted by Crippen LogP contribution is -2.17. The average molecular weight is 436 g/mol. The summed E-state index contributed by atoms with van der Waals surface area (Å²) in [5.74, 6) is 1.01. The van der Waals surface area contributed by atoms with Gasteiger partial charge in [-0.3, -0.25) is 0 Å². The predicted octanol–water partition coefficient (Wildman–Crippen LogP) is 5.13. The molecule has 1 aromatic heterocycles. The molecular weight excluding hydrogens is 416 g/mol. The van der Waals surface area contributed by atoms with Crippen molar-refractivity contribution in [1.82, 2.24) is 0 Å². The minimum absolute atomic E-state index is 0.239. The van der Waals surface area contributed by atoms with Crippen molar-refractivity contribution in [2.45, 2.75) is 13.8 Å². The number of hydrogen-bond acceptors (Lipinski definition) is 7. The van der Waals surface area contributed by atoms with Gasteiger partial charge in [0.2, 0.25) is 0 Å². The fourth-order valence-corrected chi connectivity index (χ4v) is 3.85. The molecule has 7 heteroatoms. The number of aryl methyl sites for hydroxylation is 2. The Labute approximate surface area is 182 Å². The van der Waals surface area contributed by atoms with Gasteiger partial charge < -0.3 is 18.6 Å². The van der Waals surface area contributed by atoms with E-state index in [0.29, 0.717) is 33.1 Å². The number of ether oxygens (including phenoxy) is 3. The smallest absolute Gasteiger partial charge is 0.396 e. The first-order valence-corrected chi connectivity index (χ1v) is 10.4. The van der Waals surface area contributed by atoms with E-state index in [9.17, 15) is 9.59 Å². The topological polar surface area (TPSA) is 75.0 Å². The van der Waals surface area contributed by atoms with Crippen LogP contribution in [0.25, 0.3) is 21.4 Å². The summed E-state index contributed by atoms with van der Waals surface area (Å²) < 4.78 is 22.3. The molecule has 158 valence electrons. The third-order valence-electron chi connectivity index (χ3n) is 4.85. The van der Waals surface area contributed by atoms with Crippen molar-refractivity contribution >= 4 is 27.6 Å². The lowest BCUT2D eigenvalue weighted by molar-refractivity contribution is -0.136. The lowest BCUT2D eigenvalue weighted by atomic mass is 10.0. The summed E-state index contributed by atoms with van der Waals surface area (Å²) in [6.45, 7) is 3.75. The number of rotatable bonds is 6. The first-order chi connectivity index (χ1) is 14.9. The monoisotopic (exact) mass is 436 g/mol. The van der Waals surface area contributed by atoms with Crippen LogP contribution in [0, 0.1) is 13.8 Å². The molecule has 0 unspecified atom stereocenters. The predicted molar refractivity (Wildman–Crippen MR) is 119 cm³/mol. The maximum absolute atomic E-state index is 12.4. The molecule has 31 heavy (non-hydrogen) atoms. The highest BCUT2D eigenvalue weighted by Crippen LogP contribution is 2.35. The number of carbonyl (C=O) groups excluding carboxylic acids is 1. The minimum atomic E-state index is -0.551. The van der Waals surface area contributed by atoms with Gasteiger partial charge in [-0.25, -0.2) is 9.59 Å². The van der Waals surface area contributed by atoms with E-state index in [0.717, 1.165) is 28.0 Å². The van der Waals surface area contributed by atoms with Crippen molar-refractivity contribution in [2.24, 2.45) is 0 Å². The van der Waals surface area contributed by atoms with Gasteiger partial charge in [0.1, 0.15) is 17.2 Å². The van der Waals surface area contributed by atoms with E-state index < -0.39 is 10.9 Å². The molecule has 0 aliphatic carbocycles. The van der Waals surface area contributed by atoms with E-state index in [-0.39, 0.29) is 6.61 Å². The quantitative estimate of drug-likeness (QED) is 0.308. The molecule has 0 N–H and O–H groups in total. The molecule has 4 aromatic rings. The van der Waals surface area contributed by atoms with Crippen LogP contribution in [0.4, 0.5) is 0 Å². The summed E-state index contributed by atoms with van der Waals surface area (Å²) >= 11 is 0.949. The fraction of sp³-hybridized carbons (Fsp3) is 0.167. The second kappa shape index (κ2) is 8.65. The highest BCUT2D eigenvalue weighted by atomic mass is 32.1. The number of methoxy groups -OCH3 is 1. The van der Waals surface area contributed by atoms with Gasteiger partial charge in [-0.1, -0.05) is 29.5 Å². The molecule has 0 spiro atoms. The highest BCUT2D eigenvalue weighted by Gasteiger charge is 2.16. The molecular formula is C24H20O6S. The zero-order chi connectivity index (χ0) is 22.0. The SMILES string of the molecule is COc1cccc(-c2cc(OC(=O)COc3ccc(C)c(C)c3)cc3sc(=O)oc23)c1. The normalized spacial score (nSPS) is 10.8. The molecule has 6 nitrogen and oxygen atoms in total. The zero-order valence-corrected chi connectivity index (χ0v) is 18.1. The Balaban J connectivity index is 1.59. The van der Waals surface area contributed by atoms with Crippen LogP contribution in [-0.2, 0) is 4.79 Å². The van der Waals surface area contributed by atoms with Gasteiger partial charge in [-0.2, -0.15) is 0 Å². The van der Waals surface area contributed by atoms with Gasteiger partial charge >= 0.3 is 10.9 Å². The lowest BCUT2D eigenvalue weighted by Gasteiger charge is -2.10. The van der Waals surface area contributed by atoms with E-state index in [2.05, 4.69) is 0 Å². The van der Waals surface area contributed by atoms with Crippen LogP contribution in [-0.4, -0.2) is 19.7 Å². The van der Waals surface area contributed by atoms with Crippen molar-refractivity contribution in [1.29, 1.82) is 0 Å². The third-order valence-corrected chi connectivity index (χ3v) is 5.63. The largest absolute Gasteiger partial charge is 0.497 e. The molecule has 0 aliphatic heterocycles. The van der Waals surface area contributed by atoms with Gasteiger partial charge in [0, 0.05) is 11.6 Å². The Bertz CT molecular complexity index is 1320. The standard InChI is InChI=1S/C24H20O6S/c1-14-7-8-18(9-15(14)2)28-13-22(25)29-19-11-20(16-5-4-6-17(10-16)27-3)23-21(12-19)31-24(26)30-23/h4-12H,13H2,1-3H3. The van der Waals surface area contributed by atoms with E-state index in [1.54, 1.807) is 19.2 Å². The molecule has 3 aromatic carbocycles. The van der Waals surface area contributed by atoms with Gasteiger partial charge in [-0.05, 0) is 60.9 Å². The summed E-state index contributed by atoms with van der Waals surface area (Å²) in [5, 5.41) is 0. The van der Waals surface area contributed by atoms with E-state index in [4.69, 9.17) is 18.6 Å². The van der Waals surface area contributed by atoms with Crippen LogP contribution in [0.3, 0.4) is 0 Å². The van der Waals surface area contributed by atoms with Gasteiger partial charge in [0.15, 0.2) is 12.2 Å². The van der Waals surface area contributed by atoms with Crippen molar-refractivity contribution < 1.29 is 23.4 Å². The van der Waals surface area contributed by atoms with Crippen LogP contribution in [0.15, 0.2) is 63.8 Å². The first kappa shape index (κ1) is 20.7. The number of benzene rings is 3. The summed E-state index contributed by atoms with van der Waals surface area (Å²) in [5.41, 5.74) is 4.07. The van der Waals surface area contributed by atoms with Crippen molar-refractivity contribution in [2.75, 3.05) is 13.7 Å². The maximum atomic E-state index is 12.4. The fourth-order valence-electron chi connectivity index (χ4n) is 3.12. The molecule has 0 radical (unpaired) electrons. The molecule has 4 rings (SSSR count). The summed E-state index contributed by atoms with van der Waals surface area (Å²) in [6.07, 6.45) is 0. The van der Waals surface area contributed by atoms with Crippen LogP contribution >= 0.6 is 11.3 Å². The van der Waals surface area contributed by atoms with E-state index >= 15 is 0 Å². The van der Waals surface area contributed by atoms with Crippen LogP contribution in [0.5, 0.6) is 17.2 Å². The molecule has 0 saturated heterocycles. The molecule has 0 amide bonds. The molecule has 0 saturated carbocycles. The Morgan fingerprint density at radius 1 is 0.968 bits per heavy atom. The molecule has 0 bridgehead atoms. The van der Waals surface area contributed by atoms with E-state index in [1.807, 2.05) is 56.3 Å². The Kier molecular flexibility index (Phi) is 5.77. The average Bonchev–Trinajstić information content (AvgIpc) is 3.14. The van der Waals surface area contributed by atoms with Gasteiger partial charge in [-0.15, -0.1) is 0 Å². The number of hydrogen-bond donors (Lipinski definition) is 0. The number of esters is 1. The van der Waals surface area contributed by atoms with Crippen LogP contribution in [0.1, 0.15) is 11.1 Å². The number of carbonyl (C=O) groups is 1. The van der Waals surface area contributed by atoms with Crippen LogP contribution < -0.4 is 19.1 Å². The second-order valence-corrected chi connectivity index (χ2v) is 7.97. The summed E-state index contributed by atoms with van der Waals surface area (Å²) in [7, 11) is 1.58. The zero-order valence-electron chi connectivity index (χ0n) is 17.3. The number of fused-ring (bicyclic) bond motifs is 1. The Hall–Kier alpha value is -3.58. The first-order valence-electron chi connectivity index (χ1n) is 9.56. The van der Waals surface area contributed by atoms with E-state index in [1.165, 1.54) is 0 Å². The highest BCUT2D eigenvalue weighted by molar-refractivity contribution is 7.16. The molecule has 0 atom stereocenters. The second-order valence-electron chi connectivity index (χ2n) is 6.99. The Morgan fingerprint density at radius 3 is 2.58 bits per heavy atom. The third kappa shape index (κ3) is 4.62. The van der Waals surface area contributed by atoms with Crippen molar-refractivity contribution in [3.8, 4) is 28.4 Å². The summed E-state index contributed by atoms with van der Waals surface area (Å²) in [6, 6.07) is 16.2. The van der Waals surface area contributed by atoms with Gasteiger partial charge in [0.05, 0.1) is 11.8 Å². The maximum Gasteiger partial charge on any atom is 0.396 e. The summed E-state index contributed by atoms with van der Waals surface area (Å²) in [4.78, 5) is 23.8. The van der Waals surface area contributed by atoms with Gasteiger partial charge in [0.25, 0.3) is 0 Å². The molecule has 0 aliphatic rings. The van der Waals surface area contributed by atoms with Crippen LogP contribution in [0.2, 0.25) is 0 Å². The molecule has 0 fully saturated rings. The molecule has 1 heterocycles. The van der Waals surface area contributed by atoms with Crippen molar-refractivity contribution in [3.63, 3.8) is 0 Å². The Morgan fingerprint density at radius 2 is 1.81 bits per heavy atom. The minimum Gasteiger partial charge on any atom is -0.497 e.